The third kappa shape index (κ3) is 4.24. The molecule has 4 heteroatoms. The van der Waals surface area contributed by atoms with Gasteiger partial charge in [0.2, 0.25) is 0 Å². The largest absolute Gasteiger partial charge is 0.496 e. The molecule has 4 nitrogen and oxygen atoms in total. The van der Waals surface area contributed by atoms with E-state index in [-0.39, 0.29) is 17.9 Å². The van der Waals surface area contributed by atoms with Crippen LogP contribution >= 0.6 is 0 Å². The minimum Gasteiger partial charge on any atom is -0.496 e. The smallest absolute Gasteiger partial charge is 0.303 e. The zero-order valence-corrected chi connectivity index (χ0v) is 12.1. The summed E-state index contributed by atoms with van der Waals surface area (Å²) < 4.78 is 5.37. The highest BCUT2D eigenvalue weighted by molar-refractivity contribution is 5.66. The molecule has 0 aliphatic carbocycles. The second kappa shape index (κ2) is 6.06. The van der Waals surface area contributed by atoms with Crippen LogP contribution in [-0.2, 0) is 10.2 Å². The molecule has 1 unspecified atom stereocenters. The first-order valence-electron chi connectivity index (χ1n) is 6.41. The van der Waals surface area contributed by atoms with Gasteiger partial charge in [-0.2, -0.15) is 0 Å². The molecular weight excluding hydrogens is 242 g/mol. The molecule has 0 fully saturated rings. The van der Waals surface area contributed by atoms with E-state index in [4.69, 9.17) is 15.6 Å². The highest BCUT2D eigenvalue weighted by atomic mass is 16.5. The number of nitrogens with two attached hydrogens (primary N) is 1. The van der Waals surface area contributed by atoms with Gasteiger partial charge < -0.3 is 15.6 Å². The van der Waals surface area contributed by atoms with Gasteiger partial charge in [0, 0.05) is 12.5 Å². The molecule has 0 amide bonds. The van der Waals surface area contributed by atoms with Crippen LogP contribution < -0.4 is 10.5 Å². The summed E-state index contributed by atoms with van der Waals surface area (Å²) in [7, 11) is 1.65. The van der Waals surface area contributed by atoms with Crippen LogP contribution in [0.25, 0.3) is 0 Å². The predicted molar refractivity (Wildman–Crippen MR) is 75.5 cm³/mol. The molecule has 19 heavy (non-hydrogen) atoms. The molecule has 0 bridgehead atoms. The van der Waals surface area contributed by atoms with E-state index >= 15 is 0 Å². The molecule has 1 aromatic carbocycles. The number of benzene rings is 1. The summed E-state index contributed by atoms with van der Waals surface area (Å²) in [5.74, 6) is 0.0155. The van der Waals surface area contributed by atoms with Crippen LogP contribution in [0, 0.1) is 0 Å². The average molecular weight is 265 g/mol. The third-order valence-electron chi connectivity index (χ3n) is 3.13. The normalized spacial score (nSPS) is 13.1. The number of hydrogen-bond donors (Lipinski definition) is 2. The van der Waals surface area contributed by atoms with Crippen molar-refractivity contribution in [1.82, 2.24) is 0 Å². The van der Waals surface area contributed by atoms with Gasteiger partial charge in [-0.1, -0.05) is 32.9 Å². The van der Waals surface area contributed by atoms with Crippen molar-refractivity contribution in [3.8, 4) is 5.75 Å². The van der Waals surface area contributed by atoms with Gasteiger partial charge in [0.25, 0.3) is 0 Å². The highest BCUT2D eigenvalue weighted by Crippen LogP contribution is 2.33. The molecule has 106 valence electrons. The number of methoxy groups -OCH3 is 1. The topological polar surface area (TPSA) is 72.5 Å². The van der Waals surface area contributed by atoms with E-state index in [9.17, 15) is 4.79 Å². The van der Waals surface area contributed by atoms with Crippen molar-refractivity contribution in [2.75, 3.05) is 7.11 Å². The van der Waals surface area contributed by atoms with Gasteiger partial charge in [-0.05, 0) is 29.0 Å². The summed E-state index contributed by atoms with van der Waals surface area (Å²) in [5, 5.41) is 8.70. The van der Waals surface area contributed by atoms with Crippen LogP contribution in [-0.4, -0.2) is 18.2 Å². The number of hydrogen-bond acceptors (Lipinski definition) is 3. The Hall–Kier alpha value is -1.55. The van der Waals surface area contributed by atoms with Gasteiger partial charge in [0.15, 0.2) is 0 Å². The summed E-state index contributed by atoms with van der Waals surface area (Å²) >= 11 is 0. The van der Waals surface area contributed by atoms with Gasteiger partial charge in [-0.3, -0.25) is 4.79 Å². The van der Waals surface area contributed by atoms with Crippen molar-refractivity contribution < 1.29 is 14.6 Å². The van der Waals surface area contributed by atoms with Gasteiger partial charge in [0.05, 0.1) is 7.11 Å². The summed E-state index contributed by atoms with van der Waals surface area (Å²) in [6.07, 6.45) is 0.517. The Balaban J connectivity index is 3.01. The third-order valence-corrected chi connectivity index (χ3v) is 3.13. The highest BCUT2D eigenvalue weighted by Gasteiger charge is 2.20. The lowest BCUT2D eigenvalue weighted by atomic mass is 9.84. The maximum absolute atomic E-state index is 10.6. The Morgan fingerprint density at radius 1 is 1.42 bits per heavy atom. The van der Waals surface area contributed by atoms with E-state index in [1.54, 1.807) is 7.11 Å². The number of carboxylic acids is 1. The van der Waals surface area contributed by atoms with Crippen LogP contribution in [0.3, 0.4) is 0 Å². The molecule has 0 saturated carbocycles. The van der Waals surface area contributed by atoms with Gasteiger partial charge in [-0.25, -0.2) is 0 Å². The standard InChI is InChI=1S/C15H23NO3/c1-15(2,3)11-9-10(5-7-13(11)19-4)12(16)6-8-14(17)18/h5,7,9,12H,6,8,16H2,1-4H3,(H,17,18). The Morgan fingerprint density at radius 2 is 2.05 bits per heavy atom. The Bertz CT molecular complexity index is 449. The quantitative estimate of drug-likeness (QED) is 0.858. The fourth-order valence-electron chi connectivity index (χ4n) is 1.99. The Morgan fingerprint density at radius 3 is 2.53 bits per heavy atom. The van der Waals surface area contributed by atoms with Gasteiger partial charge in [0.1, 0.15) is 5.75 Å². The minimum absolute atomic E-state index is 0.0477. The summed E-state index contributed by atoms with van der Waals surface area (Å²) in [5.41, 5.74) is 8.03. The molecule has 1 rings (SSSR count). The van der Waals surface area contributed by atoms with E-state index in [2.05, 4.69) is 20.8 Å². The molecule has 1 atom stereocenters. The van der Waals surface area contributed by atoms with Crippen LogP contribution in [0.4, 0.5) is 0 Å². The SMILES string of the molecule is COc1ccc(C(N)CCC(=O)O)cc1C(C)(C)C. The van der Waals surface area contributed by atoms with Crippen molar-refractivity contribution >= 4 is 5.97 Å². The van der Waals surface area contributed by atoms with E-state index < -0.39 is 5.97 Å². The Labute approximate surface area is 114 Å². The van der Waals surface area contributed by atoms with Crippen molar-refractivity contribution in [2.24, 2.45) is 5.73 Å². The first-order chi connectivity index (χ1) is 8.75. The van der Waals surface area contributed by atoms with Gasteiger partial charge in [-0.15, -0.1) is 0 Å². The van der Waals surface area contributed by atoms with Gasteiger partial charge >= 0.3 is 5.97 Å². The van der Waals surface area contributed by atoms with E-state index in [0.717, 1.165) is 16.9 Å². The Kier molecular flexibility index (Phi) is 4.95. The molecule has 0 aromatic heterocycles. The summed E-state index contributed by atoms with van der Waals surface area (Å²) in [6.45, 7) is 6.33. The fraction of sp³-hybridized carbons (Fsp3) is 0.533. The molecule has 0 radical (unpaired) electrons. The maximum Gasteiger partial charge on any atom is 0.303 e. The average Bonchev–Trinajstić information content (AvgIpc) is 2.34. The molecule has 0 heterocycles. The second-order valence-corrected chi connectivity index (χ2v) is 5.75. The van der Waals surface area contributed by atoms with E-state index in [0.29, 0.717) is 6.42 Å². The van der Waals surface area contributed by atoms with E-state index in [1.807, 2.05) is 18.2 Å². The molecule has 0 aliphatic rings. The molecule has 0 spiro atoms. The lowest BCUT2D eigenvalue weighted by Crippen LogP contribution is -2.16. The van der Waals surface area contributed by atoms with Crippen molar-refractivity contribution in [3.63, 3.8) is 0 Å². The molecule has 0 aliphatic heterocycles. The zero-order valence-electron chi connectivity index (χ0n) is 12.1. The molecule has 0 saturated heterocycles. The fourth-order valence-corrected chi connectivity index (χ4v) is 1.99. The first-order valence-corrected chi connectivity index (χ1v) is 6.41. The summed E-state index contributed by atoms with van der Waals surface area (Å²) in [4.78, 5) is 10.6. The lowest BCUT2D eigenvalue weighted by Gasteiger charge is -2.24. The molecule has 3 N–H and O–H groups in total. The molecule has 1 aromatic rings. The number of carboxylic acid groups (broad SMARTS) is 1. The monoisotopic (exact) mass is 265 g/mol. The van der Waals surface area contributed by atoms with Crippen LogP contribution in [0.1, 0.15) is 50.8 Å². The van der Waals surface area contributed by atoms with E-state index in [1.165, 1.54) is 0 Å². The van der Waals surface area contributed by atoms with Crippen molar-refractivity contribution in [3.05, 3.63) is 29.3 Å². The molecular formula is C15H23NO3. The number of ether oxygens (including phenoxy) is 1. The number of carbonyl (C=O) groups is 1. The number of aliphatic carboxylic acids is 1. The summed E-state index contributed by atoms with van der Waals surface area (Å²) in [6, 6.07) is 5.56. The number of rotatable bonds is 5. The minimum atomic E-state index is -0.819. The maximum atomic E-state index is 10.6. The predicted octanol–water partition coefficient (Wildman–Crippen LogP) is 2.86. The van der Waals surface area contributed by atoms with Crippen LogP contribution in [0.15, 0.2) is 18.2 Å². The lowest BCUT2D eigenvalue weighted by molar-refractivity contribution is -0.137. The van der Waals surface area contributed by atoms with Crippen LogP contribution in [0.5, 0.6) is 5.75 Å². The first kappa shape index (κ1) is 15.5. The zero-order chi connectivity index (χ0) is 14.6. The van der Waals surface area contributed by atoms with Crippen LogP contribution in [0.2, 0.25) is 0 Å². The van der Waals surface area contributed by atoms with Crippen molar-refractivity contribution in [2.45, 2.75) is 45.1 Å². The van der Waals surface area contributed by atoms with Crippen molar-refractivity contribution in [1.29, 1.82) is 0 Å². The second-order valence-electron chi connectivity index (χ2n) is 5.75.